The van der Waals surface area contributed by atoms with Gasteiger partial charge in [0.05, 0.1) is 17.1 Å². The maximum Gasteiger partial charge on any atom is 0.313 e. The minimum atomic E-state index is -1.26. The topological polar surface area (TPSA) is 107 Å². The largest absolute Gasteiger partial charge is 0.463 e. The van der Waals surface area contributed by atoms with Crippen LogP contribution in [0.2, 0.25) is 0 Å². The van der Waals surface area contributed by atoms with Crippen LogP contribution in [0.5, 0.6) is 0 Å². The highest BCUT2D eigenvalue weighted by Gasteiger charge is 2.15. The van der Waals surface area contributed by atoms with Crippen molar-refractivity contribution in [2.75, 3.05) is 0 Å². The summed E-state index contributed by atoms with van der Waals surface area (Å²) in [4.78, 5) is 31.5. The number of ketones is 1. The van der Waals surface area contributed by atoms with E-state index in [0.717, 1.165) is 6.08 Å². The van der Waals surface area contributed by atoms with E-state index in [0.29, 0.717) is 6.20 Å². The van der Waals surface area contributed by atoms with Gasteiger partial charge >= 0.3 is 5.97 Å². The summed E-state index contributed by atoms with van der Waals surface area (Å²) >= 11 is 0. The molecule has 0 amide bonds. The molecule has 17 heavy (non-hydrogen) atoms. The van der Waals surface area contributed by atoms with Gasteiger partial charge in [0.15, 0.2) is 0 Å². The molecule has 96 valence electrons. The summed E-state index contributed by atoms with van der Waals surface area (Å²) < 4.78 is 4.73. The monoisotopic (exact) mass is 245 g/mol. The average molecular weight is 245 g/mol. The highest BCUT2D eigenvalue weighted by Crippen LogP contribution is 2.01. The van der Waals surface area contributed by atoms with E-state index in [9.17, 15) is 24.8 Å². The predicted molar refractivity (Wildman–Crippen MR) is 57.6 cm³/mol. The zero-order valence-corrected chi connectivity index (χ0v) is 9.66. The van der Waals surface area contributed by atoms with Gasteiger partial charge < -0.3 is 9.84 Å². The molecule has 0 aromatic carbocycles. The van der Waals surface area contributed by atoms with Crippen molar-refractivity contribution in [1.29, 1.82) is 0 Å². The second-order valence-electron chi connectivity index (χ2n) is 3.65. The minimum absolute atomic E-state index is 0.311. The lowest BCUT2D eigenvalue weighted by Gasteiger charge is -2.07. The zero-order valence-electron chi connectivity index (χ0n) is 9.66. The quantitative estimate of drug-likeness (QED) is 0.302. The van der Waals surface area contributed by atoms with Gasteiger partial charge in [0.25, 0.3) is 0 Å². The van der Waals surface area contributed by atoms with Crippen LogP contribution in [0.15, 0.2) is 12.3 Å². The van der Waals surface area contributed by atoms with Crippen molar-refractivity contribution in [3.63, 3.8) is 0 Å². The molecule has 1 atom stereocenters. The number of ether oxygens (including phenoxy) is 1. The highest BCUT2D eigenvalue weighted by atomic mass is 16.6. The first kappa shape index (κ1) is 15.2. The van der Waals surface area contributed by atoms with Crippen LogP contribution in [0.25, 0.3) is 0 Å². The number of aliphatic hydroxyl groups is 1. The van der Waals surface area contributed by atoms with Crippen molar-refractivity contribution < 1.29 is 24.4 Å². The van der Waals surface area contributed by atoms with Gasteiger partial charge in [-0.15, -0.1) is 0 Å². The van der Waals surface area contributed by atoms with Crippen LogP contribution < -0.4 is 0 Å². The normalized spacial score (nSPS) is 12.7. The second kappa shape index (κ2) is 7.50. The van der Waals surface area contributed by atoms with E-state index >= 15 is 0 Å². The molecule has 0 aromatic heterocycles. The lowest BCUT2D eigenvalue weighted by Crippen LogP contribution is -2.18. The number of carbonyl (C=O) groups excluding carboxylic acids is 2. The third kappa shape index (κ3) is 9.19. The van der Waals surface area contributed by atoms with Crippen molar-refractivity contribution in [1.82, 2.24) is 0 Å². The third-order valence-corrected chi connectivity index (χ3v) is 1.58. The molecule has 0 heterocycles. The average Bonchev–Trinajstić information content (AvgIpc) is 2.12. The Kier molecular flexibility index (Phi) is 6.73. The van der Waals surface area contributed by atoms with E-state index < -0.39 is 29.2 Å². The molecule has 0 aliphatic rings. The number of esters is 1. The van der Waals surface area contributed by atoms with E-state index in [4.69, 9.17) is 4.74 Å². The van der Waals surface area contributed by atoms with Crippen LogP contribution in [-0.2, 0) is 14.3 Å². The van der Waals surface area contributed by atoms with Gasteiger partial charge in [-0.1, -0.05) is 0 Å². The van der Waals surface area contributed by atoms with E-state index in [1.807, 2.05) is 0 Å². The second-order valence-corrected chi connectivity index (χ2v) is 3.65. The van der Waals surface area contributed by atoms with Crippen molar-refractivity contribution >= 4 is 11.8 Å². The number of Topliss-reactive ketones (excluding diaryl/α,β-unsaturated/α-hetero) is 1. The first-order chi connectivity index (χ1) is 7.81. The summed E-state index contributed by atoms with van der Waals surface area (Å²) in [6.07, 6.45) is -0.941. The van der Waals surface area contributed by atoms with Gasteiger partial charge in [0, 0.05) is 12.5 Å². The Morgan fingerprint density at radius 3 is 2.53 bits per heavy atom. The molecule has 0 rings (SSSR count). The molecule has 0 spiro atoms. The van der Waals surface area contributed by atoms with Crippen LogP contribution in [0.3, 0.4) is 0 Å². The first-order valence-corrected chi connectivity index (χ1v) is 5.02. The van der Waals surface area contributed by atoms with E-state index in [-0.39, 0.29) is 12.5 Å². The molecule has 7 heteroatoms. The number of aliphatic hydroxyl groups excluding tert-OH is 1. The number of hydrogen-bond acceptors (Lipinski definition) is 6. The highest BCUT2D eigenvalue weighted by molar-refractivity contribution is 5.95. The molecular weight excluding hydrogens is 230 g/mol. The Morgan fingerprint density at radius 2 is 2.06 bits per heavy atom. The standard InChI is InChI=1S/C10H15NO6/c1-7(2)17-10(14)6-9(13)5-8(12)3-4-11(15)16/h3-4,7-8,12H,5-6H2,1-2H3/t8-/m1/s1. The number of rotatable bonds is 7. The van der Waals surface area contributed by atoms with Crippen LogP contribution >= 0.6 is 0 Å². The fourth-order valence-electron chi connectivity index (χ4n) is 1.01. The van der Waals surface area contributed by atoms with E-state index in [1.165, 1.54) is 0 Å². The van der Waals surface area contributed by atoms with E-state index in [1.54, 1.807) is 13.8 Å². The van der Waals surface area contributed by atoms with Gasteiger partial charge in [-0.2, -0.15) is 0 Å². The molecule has 7 nitrogen and oxygen atoms in total. The molecule has 0 aromatic rings. The van der Waals surface area contributed by atoms with Crippen molar-refractivity contribution in [2.24, 2.45) is 0 Å². The van der Waals surface area contributed by atoms with Gasteiger partial charge in [-0.3, -0.25) is 19.7 Å². The molecule has 0 saturated carbocycles. The van der Waals surface area contributed by atoms with E-state index in [2.05, 4.69) is 0 Å². The molecular formula is C10H15NO6. The Hall–Kier alpha value is -1.76. The minimum Gasteiger partial charge on any atom is -0.463 e. The number of hydrogen-bond donors (Lipinski definition) is 1. The van der Waals surface area contributed by atoms with Gasteiger partial charge in [-0.05, 0) is 13.8 Å². The number of nitro groups is 1. The van der Waals surface area contributed by atoms with Crippen molar-refractivity contribution in [3.8, 4) is 0 Å². The molecule has 0 saturated heterocycles. The van der Waals surface area contributed by atoms with Gasteiger partial charge in [0.1, 0.15) is 12.2 Å². The summed E-state index contributed by atoms with van der Waals surface area (Å²) in [6, 6.07) is 0. The summed E-state index contributed by atoms with van der Waals surface area (Å²) in [6.45, 7) is 3.30. The molecule has 1 N–H and O–H groups in total. The van der Waals surface area contributed by atoms with Gasteiger partial charge in [-0.25, -0.2) is 0 Å². The van der Waals surface area contributed by atoms with Crippen molar-refractivity contribution in [2.45, 2.75) is 38.9 Å². The Balaban J connectivity index is 4.01. The summed E-state index contributed by atoms with van der Waals surface area (Å²) in [5, 5.41) is 19.1. The molecule has 0 bridgehead atoms. The smallest absolute Gasteiger partial charge is 0.313 e. The SMILES string of the molecule is CC(C)OC(=O)CC(=O)C[C@H](O)C=C[N+](=O)[O-]. The van der Waals surface area contributed by atoms with Crippen molar-refractivity contribution in [3.05, 3.63) is 22.4 Å². The maximum absolute atomic E-state index is 11.2. The fourth-order valence-corrected chi connectivity index (χ4v) is 1.01. The zero-order chi connectivity index (χ0) is 13.4. The summed E-state index contributed by atoms with van der Waals surface area (Å²) in [7, 11) is 0. The Labute approximate surface area is 98.2 Å². The van der Waals surface area contributed by atoms with Gasteiger partial charge in [0.2, 0.25) is 6.20 Å². The molecule has 0 fully saturated rings. The van der Waals surface area contributed by atoms with Crippen LogP contribution in [0.1, 0.15) is 26.7 Å². The van der Waals surface area contributed by atoms with Crippen LogP contribution in [-0.4, -0.2) is 34.0 Å². The third-order valence-electron chi connectivity index (χ3n) is 1.58. The lowest BCUT2D eigenvalue weighted by molar-refractivity contribution is -0.402. The molecule has 0 aliphatic carbocycles. The molecule has 0 aliphatic heterocycles. The Morgan fingerprint density at radius 1 is 1.47 bits per heavy atom. The maximum atomic E-state index is 11.2. The summed E-state index contributed by atoms with van der Waals surface area (Å²) in [5.74, 6) is -1.20. The Bertz CT molecular complexity index is 323. The lowest BCUT2D eigenvalue weighted by atomic mass is 10.1. The predicted octanol–water partition coefficient (Wildman–Crippen LogP) is 0.439. The summed E-state index contributed by atoms with van der Waals surface area (Å²) in [5.41, 5.74) is 0. The fraction of sp³-hybridized carbons (Fsp3) is 0.600. The van der Waals surface area contributed by atoms with Crippen LogP contribution in [0.4, 0.5) is 0 Å². The molecule has 0 radical (unpaired) electrons. The number of nitrogens with zero attached hydrogens (tertiary/aromatic N) is 1. The first-order valence-electron chi connectivity index (χ1n) is 5.02. The molecule has 0 unspecified atom stereocenters. The number of carbonyl (C=O) groups is 2. The van der Waals surface area contributed by atoms with Crippen LogP contribution in [0, 0.1) is 10.1 Å².